The van der Waals surface area contributed by atoms with E-state index in [1.54, 1.807) is 0 Å². The molecule has 0 bridgehead atoms. The van der Waals surface area contributed by atoms with Gasteiger partial charge in [0.1, 0.15) is 12.0 Å². The molecule has 0 aliphatic heterocycles. The molecule has 0 amide bonds. The summed E-state index contributed by atoms with van der Waals surface area (Å²) >= 11 is 0. The van der Waals surface area contributed by atoms with Crippen LogP contribution in [-0.4, -0.2) is 18.4 Å². The average molecular weight is 205 g/mol. The van der Waals surface area contributed by atoms with Gasteiger partial charge in [-0.15, -0.1) is 0 Å². The summed E-state index contributed by atoms with van der Waals surface area (Å²) in [7, 11) is 1.47. The number of aliphatic hydroxyl groups is 1. The van der Waals surface area contributed by atoms with Gasteiger partial charge in [0.25, 0.3) is 0 Å². The number of halogens is 3. The van der Waals surface area contributed by atoms with Crippen LogP contribution in [0.5, 0.6) is 0 Å². The van der Waals surface area contributed by atoms with Crippen molar-refractivity contribution in [3.63, 3.8) is 0 Å². The lowest BCUT2D eigenvalue weighted by atomic mass is 10.1. The van der Waals surface area contributed by atoms with E-state index in [9.17, 15) is 13.2 Å². The lowest BCUT2D eigenvalue weighted by molar-refractivity contribution is 0.146. The van der Waals surface area contributed by atoms with Crippen molar-refractivity contribution < 1.29 is 18.3 Å². The van der Waals surface area contributed by atoms with E-state index in [1.165, 1.54) is 7.05 Å². The van der Waals surface area contributed by atoms with E-state index >= 15 is 0 Å². The quantitative estimate of drug-likeness (QED) is 0.573. The highest BCUT2D eigenvalue weighted by Gasteiger charge is 2.12. The SMILES string of the molecule is CNC(O)Cc1cc(F)c(F)cc1F. The van der Waals surface area contributed by atoms with Crippen molar-refractivity contribution in [3.05, 3.63) is 35.1 Å². The van der Waals surface area contributed by atoms with Crippen LogP contribution in [0.2, 0.25) is 0 Å². The Labute approximate surface area is 79.4 Å². The fourth-order valence-corrected chi connectivity index (χ4v) is 1.03. The molecule has 1 atom stereocenters. The van der Waals surface area contributed by atoms with Gasteiger partial charge >= 0.3 is 0 Å². The molecule has 14 heavy (non-hydrogen) atoms. The number of hydrogen-bond donors (Lipinski definition) is 2. The van der Waals surface area contributed by atoms with Crippen molar-refractivity contribution in [3.8, 4) is 0 Å². The van der Waals surface area contributed by atoms with Gasteiger partial charge in [-0.3, -0.25) is 5.32 Å². The molecule has 0 fully saturated rings. The number of benzene rings is 1. The van der Waals surface area contributed by atoms with Crippen LogP contribution in [-0.2, 0) is 6.42 Å². The Morgan fingerprint density at radius 3 is 2.36 bits per heavy atom. The fourth-order valence-electron chi connectivity index (χ4n) is 1.03. The molecule has 1 aromatic carbocycles. The van der Waals surface area contributed by atoms with Crippen molar-refractivity contribution in [1.29, 1.82) is 0 Å². The molecule has 5 heteroatoms. The number of likely N-dealkylation sites (N-methyl/N-ethyl adjacent to an activating group) is 1. The minimum atomic E-state index is -1.23. The molecule has 0 saturated carbocycles. The van der Waals surface area contributed by atoms with Gasteiger partial charge in [-0.05, 0) is 18.7 Å². The van der Waals surface area contributed by atoms with Crippen molar-refractivity contribution >= 4 is 0 Å². The van der Waals surface area contributed by atoms with Crippen LogP contribution in [0.4, 0.5) is 13.2 Å². The molecule has 0 saturated heterocycles. The Hall–Kier alpha value is -1.07. The normalized spacial score (nSPS) is 12.9. The number of hydrogen-bond acceptors (Lipinski definition) is 2. The molecule has 0 aromatic heterocycles. The molecule has 1 rings (SSSR count). The maximum atomic E-state index is 13.0. The molecule has 2 nitrogen and oxygen atoms in total. The van der Waals surface area contributed by atoms with E-state index in [-0.39, 0.29) is 12.0 Å². The minimum Gasteiger partial charge on any atom is -0.378 e. The summed E-state index contributed by atoms with van der Waals surface area (Å²) in [5, 5.41) is 11.5. The van der Waals surface area contributed by atoms with E-state index < -0.39 is 23.7 Å². The first kappa shape index (κ1) is 11.0. The van der Waals surface area contributed by atoms with Crippen LogP contribution in [0, 0.1) is 17.5 Å². The lowest BCUT2D eigenvalue weighted by Gasteiger charge is -2.09. The largest absolute Gasteiger partial charge is 0.378 e. The predicted octanol–water partition coefficient (Wildman–Crippen LogP) is 1.18. The Balaban J connectivity index is 2.92. The summed E-state index contributed by atoms with van der Waals surface area (Å²) in [5.41, 5.74) is -0.0641. The number of nitrogens with one attached hydrogen (secondary N) is 1. The average Bonchev–Trinajstić information content (AvgIpc) is 2.14. The highest BCUT2D eigenvalue weighted by Crippen LogP contribution is 2.14. The van der Waals surface area contributed by atoms with E-state index in [4.69, 9.17) is 5.11 Å². The molecule has 2 N–H and O–H groups in total. The molecule has 78 valence electrons. The summed E-state index contributed by atoms with van der Waals surface area (Å²) in [6.45, 7) is 0. The summed E-state index contributed by atoms with van der Waals surface area (Å²) in [4.78, 5) is 0. The second-order valence-electron chi connectivity index (χ2n) is 2.87. The molecule has 1 aromatic rings. The third-order valence-electron chi connectivity index (χ3n) is 1.84. The fraction of sp³-hybridized carbons (Fsp3) is 0.333. The van der Waals surface area contributed by atoms with Gasteiger partial charge in [-0.2, -0.15) is 0 Å². The zero-order valence-corrected chi connectivity index (χ0v) is 7.52. The second-order valence-corrected chi connectivity index (χ2v) is 2.87. The van der Waals surface area contributed by atoms with E-state index in [2.05, 4.69) is 5.32 Å². The smallest absolute Gasteiger partial charge is 0.161 e. The third kappa shape index (κ3) is 2.46. The summed E-state index contributed by atoms with van der Waals surface area (Å²) in [5.74, 6) is -3.21. The van der Waals surface area contributed by atoms with Gasteiger partial charge < -0.3 is 5.11 Å². The molecule has 0 radical (unpaired) electrons. The van der Waals surface area contributed by atoms with Crippen LogP contribution >= 0.6 is 0 Å². The zero-order valence-electron chi connectivity index (χ0n) is 7.52. The minimum absolute atomic E-state index is 0.0641. The monoisotopic (exact) mass is 205 g/mol. The molecule has 0 spiro atoms. The Morgan fingerprint density at radius 1 is 1.21 bits per heavy atom. The van der Waals surface area contributed by atoms with E-state index in [0.29, 0.717) is 6.07 Å². The van der Waals surface area contributed by atoms with Gasteiger partial charge in [0.2, 0.25) is 0 Å². The maximum absolute atomic E-state index is 13.0. The lowest BCUT2D eigenvalue weighted by Crippen LogP contribution is -2.27. The summed E-state index contributed by atoms with van der Waals surface area (Å²) < 4.78 is 38.1. The highest BCUT2D eigenvalue weighted by atomic mass is 19.2. The Kier molecular flexibility index (Phi) is 3.49. The third-order valence-corrected chi connectivity index (χ3v) is 1.84. The first-order chi connectivity index (χ1) is 6.54. The Bertz CT molecular complexity index is 330. The van der Waals surface area contributed by atoms with Gasteiger partial charge in [-0.1, -0.05) is 0 Å². The topological polar surface area (TPSA) is 32.3 Å². The first-order valence-corrected chi connectivity index (χ1v) is 4.03. The van der Waals surface area contributed by atoms with Crippen LogP contribution in [0.15, 0.2) is 12.1 Å². The van der Waals surface area contributed by atoms with Crippen LogP contribution in [0.25, 0.3) is 0 Å². The van der Waals surface area contributed by atoms with Gasteiger partial charge in [-0.25, -0.2) is 13.2 Å². The molecular weight excluding hydrogens is 195 g/mol. The number of aliphatic hydroxyl groups excluding tert-OH is 1. The van der Waals surface area contributed by atoms with Crippen molar-refractivity contribution in [2.24, 2.45) is 0 Å². The van der Waals surface area contributed by atoms with Crippen LogP contribution < -0.4 is 5.32 Å². The van der Waals surface area contributed by atoms with Crippen LogP contribution in [0.3, 0.4) is 0 Å². The maximum Gasteiger partial charge on any atom is 0.161 e. The van der Waals surface area contributed by atoms with E-state index in [1.807, 2.05) is 0 Å². The first-order valence-electron chi connectivity index (χ1n) is 4.03. The van der Waals surface area contributed by atoms with E-state index in [0.717, 1.165) is 6.07 Å². The van der Waals surface area contributed by atoms with Gasteiger partial charge in [0.15, 0.2) is 11.6 Å². The molecule has 0 heterocycles. The zero-order chi connectivity index (χ0) is 10.7. The Morgan fingerprint density at radius 2 is 1.79 bits per heavy atom. The second kappa shape index (κ2) is 4.43. The summed E-state index contributed by atoms with van der Waals surface area (Å²) in [6.07, 6.45) is -1.09. The van der Waals surface area contributed by atoms with Crippen molar-refractivity contribution in [1.82, 2.24) is 5.32 Å². The molecule has 1 unspecified atom stereocenters. The van der Waals surface area contributed by atoms with Crippen molar-refractivity contribution in [2.75, 3.05) is 7.05 Å². The van der Waals surface area contributed by atoms with Gasteiger partial charge in [0, 0.05) is 12.5 Å². The van der Waals surface area contributed by atoms with Crippen LogP contribution in [0.1, 0.15) is 5.56 Å². The number of rotatable bonds is 3. The highest BCUT2D eigenvalue weighted by molar-refractivity contribution is 5.20. The standard InChI is InChI=1S/C9H10F3NO/c1-13-9(14)3-5-2-7(11)8(12)4-6(5)10/h2,4,9,13-14H,3H2,1H3. The molecule has 0 aliphatic rings. The molecule has 0 aliphatic carbocycles. The molecular formula is C9H10F3NO. The summed E-state index contributed by atoms with van der Waals surface area (Å²) in [6, 6.07) is 1.21. The predicted molar refractivity (Wildman–Crippen MR) is 45.1 cm³/mol. The van der Waals surface area contributed by atoms with Crippen molar-refractivity contribution in [2.45, 2.75) is 12.6 Å². The van der Waals surface area contributed by atoms with Gasteiger partial charge in [0.05, 0.1) is 0 Å².